The lowest BCUT2D eigenvalue weighted by Gasteiger charge is -2.47. The Kier molecular flexibility index (Phi) is 5.07. The van der Waals surface area contributed by atoms with Crippen LogP contribution in [0.2, 0.25) is 0 Å². The smallest absolute Gasteiger partial charge is 0.308 e. The molecule has 0 saturated carbocycles. The van der Waals surface area contributed by atoms with Crippen LogP contribution < -0.4 is 14.8 Å². The number of nitrogens with one attached hydrogen (secondary N) is 1. The number of carbonyl (C=O) groups excluding carboxylic acids is 1. The molecule has 2 heterocycles. The van der Waals surface area contributed by atoms with E-state index < -0.39 is 5.54 Å². The molecule has 1 spiro atoms. The van der Waals surface area contributed by atoms with Crippen LogP contribution in [-0.4, -0.2) is 22.9 Å². The van der Waals surface area contributed by atoms with Crippen molar-refractivity contribution < 1.29 is 14.3 Å². The molecule has 0 radical (unpaired) electrons. The number of amidine groups is 1. The van der Waals surface area contributed by atoms with Crippen molar-refractivity contribution in [1.82, 2.24) is 5.32 Å². The Hall–Kier alpha value is -2.47. The third kappa shape index (κ3) is 3.99. The summed E-state index contributed by atoms with van der Waals surface area (Å²) in [6, 6.07) is 15.9. The fraction of sp³-hybridized carbons (Fsp3) is 0.391. The number of benzene rings is 2. The van der Waals surface area contributed by atoms with Crippen molar-refractivity contribution in [3.05, 3.63) is 59.7 Å². The summed E-state index contributed by atoms with van der Waals surface area (Å²) in [5.74, 6) is 0.869. The van der Waals surface area contributed by atoms with E-state index in [1.54, 1.807) is 11.8 Å². The second-order valence-corrected chi connectivity index (χ2v) is 9.11. The lowest BCUT2D eigenvalue weighted by atomic mass is 9.72. The zero-order valence-electron chi connectivity index (χ0n) is 17.2. The number of nitrogens with zero attached hydrogens (tertiary/aromatic N) is 1. The zero-order valence-corrected chi connectivity index (χ0v) is 18.0. The second-order valence-electron chi connectivity index (χ2n) is 8.31. The summed E-state index contributed by atoms with van der Waals surface area (Å²) in [5.41, 5.74) is 1.65. The van der Waals surface area contributed by atoms with Crippen LogP contribution in [0, 0.1) is 0 Å². The van der Waals surface area contributed by atoms with E-state index in [1.165, 1.54) is 6.92 Å². The average Bonchev–Trinajstić information content (AvgIpc) is 2.66. The molecule has 2 atom stereocenters. The van der Waals surface area contributed by atoms with Gasteiger partial charge in [-0.2, -0.15) is 0 Å². The molecule has 2 aliphatic heterocycles. The summed E-state index contributed by atoms with van der Waals surface area (Å²) in [6.45, 7) is 5.82. The van der Waals surface area contributed by atoms with E-state index in [4.69, 9.17) is 14.5 Å². The van der Waals surface area contributed by atoms with Crippen molar-refractivity contribution in [1.29, 1.82) is 0 Å². The van der Waals surface area contributed by atoms with E-state index in [2.05, 4.69) is 31.3 Å². The van der Waals surface area contributed by atoms with Gasteiger partial charge in [0, 0.05) is 30.5 Å². The number of thioether (sulfide) groups is 1. The SMILES string of the molecule is CSC1=N[C@]2(C[C@@H](c3ccccc3)Oc3cc(OC(C)=O)ccc32)CC(C)(C)N1. The first-order chi connectivity index (χ1) is 13.8. The average molecular weight is 411 g/mol. The van der Waals surface area contributed by atoms with E-state index in [9.17, 15) is 4.79 Å². The van der Waals surface area contributed by atoms with Gasteiger partial charge in [-0.05, 0) is 44.2 Å². The van der Waals surface area contributed by atoms with Crippen molar-refractivity contribution >= 4 is 22.9 Å². The molecule has 2 aromatic rings. The molecular formula is C23H26N2O3S. The Morgan fingerprint density at radius 1 is 1.24 bits per heavy atom. The fourth-order valence-corrected chi connectivity index (χ4v) is 5.02. The van der Waals surface area contributed by atoms with Gasteiger partial charge in [0.25, 0.3) is 0 Å². The minimum Gasteiger partial charge on any atom is -0.485 e. The van der Waals surface area contributed by atoms with Gasteiger partial charge >= 0.3 is 5.97 Å². The van der Waals surface area contributed by atoms with Crippen LogP contribution in [0.15, 0.2) is 53.5 Å². The lowest BCUT2D eigenvalue weighted by molar-refractivity contribution is -0.131. The number of fused-ring (bicyclic) bond motifs is 2. The normalized spacial score (nSPS) is 24.7. The summed E-state index contributed by atoms with van der Waals surface area (Å²) >= 11 is 1.63. The minimum atomic E-state index is -0.407. The van der Waals surface area contributed by atoms with Gasteiger partial charge in [-0.1, -0.05) is 42.1 Å². The first kappa shape index (κ1) is 19.8. The van der Waals surface area contributed by atoms with Gasteiger partial charge in [0.05, 0.1) is 5.54 Å². The summed E-state index contributed by atoms with van der Waals surface area (Å²) in [5, 5.41) is 4.47. The van der Waals surface area contributed by atoms with Gasteiger partial charge < -0.3 is 14.8 Å². The molecule has 2 aliphatic rings. The number of esters is 1. The largest absolute Gasteiger partial charge is 0.485 e. The number of hydrogen-bond acceptors (Lipinski definition) is 6. The third-order valence-corrected chi connectivity index (χ3v) is 5.95. The zero-order chi connectivity index (χ0) is 20.6. The Morgan fingerprint density at radius 3 is 2.69 bits per heavy atom. The van der Waals surface area contributed by atoms with Gasteiger partial charge in [0.2, 0.25) is 0 Å². The van der Waals surface area contributed by atoms with Crippen LogP contribution in [0.4, 0.5) is 0 Å². The molecule has 0 aliphatic carbocycles. The maximum absolute atomic E-state index is 11.4. The molecule has 4 rings (SSSR count). The second kappa shape index (κ2) is 7.41. The lowest BCUT2D eigenvalue weighted by Crippen LogP contribution is -2.53. The van der Waals surface area contributed by atoms with Crippen LogP contribution in [-0.2, 0) is 10.3 Å². The van der Waals surface area contributed by atoms with Crippen LogP contribution in [0.25, 0.3) is 0 Å². The van der Waals surface area contributed by atoms with E-state index >= 15 is 0 Å². The van der Waals surface area contributed by atoms with Gasteiger partial charge in [-0.25, -0.2) is 0 Å². The van der Waals surface area contributed by atoms with Crippen LogP contribution in [0.5, 0.6) is 11.5 Å². The molecule has 6 heteroatoms. The summed E-state index contributed by atoms with van der Waals surface area (Å²) < 4.78 is 11.7. The molecule has 0 saturated heterocycles. The fourth-order valence-electron chi connectivity index (χ4n) is 4.38. The quantitative estimate of drug-likeness (QED) is 0.568. The highest BCUT2D eigenvalue weighted by Gasteiger charge is 2.48. The van der Waals surface area contributed by atoms with Gasteiger partial charge in [-0.3, -0.25) is 9.79 Å². The van der Waals surface area contributed by atoms with Crippen molar-refractivity contribution in [3.63, 3.8) is 0 Å². The predicted molar refractivity (Wildman–Crippen MR) is 117 cm³/mol. The molecule has 0 bridgehead atoms. The maximum atomic E-state index is 11.4. The van der Waals surface area contributed by atoms with E-state index in [0.717, 1.165) is 34.9 Å². The molecule has 5 nitrogen and oxygen atoms in total. The number of hydrogen-bond donors (Lipinski definition) is 1. The Morgan fingerprint density at radius 2 is 2.00 bits per heavy atom. The van der Waals surface area contributed by atoms with Crippen LogP contribution in [0.3, 0.4) is 0 Å². The van der Waals surface area contributed by atoms with E-state index in [1.807, 2.05) is 42.7 Å². The number of carbonyl (C=O) groups is 1. The van der Waals surface area contributed by atoms with E-state index in [0.29, 0.717) is 5.75 Å². The Balaban J connectivity index is 1.85. The Labute approximate surface area is 175 Å². The number of aliphatic imine (C=N–C) groups is 1. The number of ether oxygens (including phenoxy) is 2. The maximum Gasteiger partial charge on any atom is 0.308 e. The summed E-state index contributed by atoms with van der Waals surface area (Å²) in [6.07, 6.45) is 3.51. The van der Waals surface area contributed by atoms with Crippen LogP contribution in [0.1, 0.15) is 50.8 Å². The number of rotatable bonds is 2. The Bertz CT molecular complexity index is 958. The van der Waals surface area contributed by atoms with Crippen molar-refractivity contribution in [2.45, 2.75) is 50.8 Å². The molecule has 152 valence electrons. The predicted octanol–water partition coefficient (Wildman–Crippen LogP) is 4.82. The molecule has 0 amide bonds. The molecule has 0 unspecified atom stereocenters. The first-order valence-corrected chi connectivity index (χ1v) is 11.0. The first-order valence-electron chi connectivity index (χ1n) is 9.77. The summed E-state index contributed by atoms with van der Waals surface area (Å²) in [7, 11) is 0. The standard InChI is InChI=1S/C23H26N2O3S/c1-15(26)27-17-10-11-18-19(12-17)28-20(16-8-6-5-7-9-16)13-23(18)14-22(2,3)24-21(25-23)29-4/h5-12,20H,13-14H2,1-4H3,(H,24,25)/t20-,23+/m0/s1. The third-order valence-electron chi connectivity index (χ3n) is 5.37. The van der Waals surface area contributed by atoms with Gasteiger partial charge in [-0.15, -0.1) is 0 Å². The van der Waals surface area contributed by atoms with Crippen molar-refractivity contribution in [3.8, 4) is 11.5 Å². The highest BCUT2D eigenvalue weighted by atomic mass is 32.2. The van der Waals surface area contributed by atoms with Crippen molar-refractivity contribution in [2.75, 3.05) is 6.26 Å². The molecule has 1 N–H and O–H groups in total. The highest BCUT2D eigenvalue weighted by molar-refractivity contribution is 8.13. The highest BCUT2D eigenvalue weighted by Crippen LogP contribution is 2.52. The topological polar surface area (TPSA) is 59.9 Å². The van der Waals surface area contributed by atoms with Crippen molar-refractivity contribution in [2.24, 2.45) is 4.99 Å². The molecule has 2 aromatic carbocycles. The monoisotopic (exact) mass is 410 g/mol. The molecule has 0 aromatic heterocycles. The molecular weight excluding hydrogens is 384 g/mol. The van der Waals surface area contributed by atoms with Gasteiger partial charge in [0.15, 0.2) is 5.17 Å². The molecule has 0 fully saturated rings. The summed E-state index contributed by atoms with van der Waals surface area (Å²) in [4.78, 5) is 16.6. The molecule has 29 heavy (non-hydrogen) atoms. The van der Waals surface area contributed by atoms with Crippen LogP contribution >= 0.6 is 11.8 Å². The van der Waals surface area contributed by atoms with E-state index in [-0.39, 0.29) is 17.6 Å². The van der Waals surface area contributed by atoms with Gasteiger partial charge in [0.1, 0.15) is 17.6 Å². The minimum absolute atomic E-state index is 0.107.